The Hall–Kier alpha value is -3.54. The highest BCUT2D eigenvalue weighted by molar-refractivity contribution is 7.10. The molecule has 188 valence electrons. The first-order valence-electron chi connectivity index (χ1n) is 10.2. The fraction of sp³-hybridized carbons (Fsp3) is 0.261. The van der Waals surface area contributed by atoms with Crippen LogP contribution in [-0.2, 0) is 9.63 Å². The molecule has 1 heterocycles. The monoisotopic (exact) mass is 522 g/mol. The zero-order valence-electron chi connectivity index (χ0n) is 19.7. The molecule has 0 aliphatic rings. The molecule has 0 unspecified atom stereocenters. The van der Waals surface area contributed by atoms with Crippen molar-refractivity contribution in [1.82, 2.24) is 9.69 Å². The Balaban J connectivity index is 0.00000432. The summed E-state index contributed by atoms with van der Waals surface area (Å²) >= 11 is 1.32. The molecule has 3 N–H and O–H groups in total. The van der Waals surface area contributed by atoms with Gasteiger partial charge in [0.05, 0.1) is 39.0 Å². The van der Waals surface area contributed by atoms with Crippen molar-refractivity contribution in [2.24, 2.45) is 5.73 Å². The van der Waals surface area contributed by atoms with Crippen LogP contribution >= 0.6 is 23.9 Å². The lowest BCUT2D eigenvalue weighted by atomic mass is 10.0. The minimum Gasteiger partial charge on any atom is -0.493 e. The normalized spacial score (nSPS) is 10.2. The molecule has 0 spiro atoms. The lowest BCUT2D eigenvalue weighted by Crippen LogP contribution is -2.40. The molecule has 12 heteroatoms. The summed E-state index contributed by atoms with van der Waals surface area (Å²) in [5, 5.41) is 3.70. The number of rotatable bonds is 10. The third-order valence-electron chi connectivity index (χ3n) is 4.90. The summed E-state index contributed by atoms with van der Waals surface area (Å²) in [4.78, 5) is 29.6. The van der Waals surface area contributed by atoms with E-state index in [-0.39, 0.29) is 25.4 Å². The van der Waals surface area contributed by atoms with Crippen LogP contribution in [0.25, 0.3) is 21.6 Å². The molecule has 3 aromatic rings. The molecule has 0 saturated carbocycles. The van der Waals surface area contributed by atoms with E-state index in [1.165, 1.54) is 18.6 Å². The van der Waals surface area contributed by atoms with Gasteiger partial charge in [-0.2, -0.15) is 9.44 Å². The first-order chi connectivity index (χ1) is 16.4. The van der Waals surface area contributed by atoms with Crippen LogP contribution in [0, 0.1) is 0 Å². The Kier molecular flexibility index (Phi) is 10.1. The van der Waals surface area contributed by atoms with E-state index >= 15 is 0 Å². The van der Waals surface area contributed by atoms with E-state index in [4.69, 9.17) is 24.8 Å². The van der Waals surface area contributed by atoms with Gasteiger partial charge in [-0.3, -0.25) is 9.63 Å². The molecular weight excluding hydrogens is 496 g/mol. The average Bonchev–Trinajstić information content (AvgIpc) is 3.33. The number of anilines is 1. The van der Waals surface area contributed by atoms with Crippen molar-refractivity contribution in [2.75, 3.05) is 40.0 Å². The SMILES string of the molecule is COc1cc(-c2sncc2-c2cccc(N(OC)C(=O)NCCC(N)=O)c2)cc(OC)c1OC.Cl. The van der Waals surface area contributed by atoms with Gasteiger partial charge in [-0.25, -0.2) is 4.79 Å². The van der Waals surface area contributed by atoms with Gasteiger partial charge in [0.25, 0.3) is 0 Å². The van der Waals surface area contributed by atoms with Crippen LogP contribution in [0.2, 0.25) is 0 Å². The van der Waals surface area contributed by atoms with Crippen LogP contribution in [0.15, 0.2) is 42.6 Å². The number of hydroxylamine groups is 1. The van der Waals surface area contributed by atoms with Crippen molar-refractivity contribution in [3.63, 3.8) is 0 Å². The molecular formula is C23H27ClN4O6S. The number of halogens is 1. The van der Waals surface area contributed by atoms with Crippen molar-refractivity contribution in [1.29, 1.82) is 0 Å². The zero-order valence-corrected chi connectivity index (χ0v) is 21.3. The smallest absolute Gasteiger partial charge is 0.346 e. The highest BCUT2D eigenvalue weighted by atomic mass is 35.5. The number of carbonyl (C=O) groups is 2. The number of urea groups is 1. The Morgan fingerprint density at radius 3 is 2.29 bits per heavy atom. The largest absolute Gasteiger partial charge is 0.493 e. The van der Waals surface area contributed by atoms with Crippen molar-refractivity contribution in [2.45, 2.75) is 6.42 Å². The molecule has 0 aliphatic carbocycles. The van der Waals surface area contributed by atoms with E-state index in [2.05, 4.69) is 9.69 Å². The number of carbonyl (C=O) groups excluding carboxylic acids is 2. The molecule has 0 radical (unpaired) electrons. The van der Waals surface area contributed by atoms with Crippen molar-refractivity contribution >= 4 is 41.6 Å². The van der Waals surface area contributed by atoms with Crippen LogP contribution in [-0.4, -0.2) is 51.3 Å². The molecule has 0 saturated heterocycles. The second-order valence-electron chi connectivity index (χ2n) is 6.96. The standard InChI is InChI=1S/C23H26N4O6S.ClH/c1-30-18-11-15(12-19(31-2)21(18)32-3)22-17(13-26-34-22)14-6-5-7-16(10-14)27(33-4)23(29)25-9-8-20(24)28;/h5-7,10-13H,8-9H2,1-4H3,(H2,24,28)(H,25,29);1H. The summed E-state index contributed by atoms with van der Waals surface area (Å²) in [5.74, 6) is 1.06. The topological polar surface area (TPSA) is 125 Å². The quantitative estimate of drug-likeness (QED) is 0.387. The van der Waals surface area contributed by atoms with Gasteiger partial charge in [0, 0.05) is 30.3 Å². The van der Waals surface area contributed by atoms with Gasteiger partial charge >= 0.3 is 6.03 Å². The predicted octanol–water partition coefficient (Wildman–Crippen LogP) is 3.88. The van der Waals surface area contributed by atoms with Gasteiger partial charge in [-0.05, 0) is 41.4 Å². The lowest BCUT2D eigenvalue weighted by Gasteiger charge is -2.20. The predicted molar refractivity (Wildman–Crippen MR) is 137 cm³/mol. The number of primary amides is 1. The fourth-order valence-electron chi connectivity index (χ4n) is 3.34. The second-order valence-corrected chi connectivity index (χ2v) is 7.76. The highest BCUT2D eigenvalue weighted by Gasteiger charge is 2.20. The summed E-state index contributed by atoms with van der Waals surface area (Å²) in [5.41, 5.74) is 8.14. The van der Waals surface area contributed by atoms with E-state index in [1.54, 1.807) is 33.6 Å². The third-order valence-corrected chi connectivity index (χ3v) is 5.75. The number of hydrogen-bond donors (Lipinski definition) is 2. The lowest BCUT2D eigenvalue weighted by molar-refractivity contribution is -0.117. The van der Waals surface area contributed by atoms with E-state index in [9.17, 15) is 9.59 Å². The molecule has 0 fully saturated rings. The number of ether oxygens (including phenoxy) is 3. The molecule has 10 nitrogen and oxygen atoms in total. The van der Waals surface area contributed by atoms with Crippen molar-refractivity contribution in [3.05, 3.63) is 42.6 Å². The van der Waals surface area contributed by atoms with E-state index in [0.717, 1.165) is 26.6 Å². The summed E-state index contributed by atoms with van der Waals surface area (Å²) in [6, 6.07) is 10.5. The Bertz CT molecular complexity index is 1150. The van der Waals surface area contributed by atoms with Gasteiger partial charge in [0.2, 0.25) is 11.7 Å². The van der Waals surface area contributed by atoms with Gasteiger partial charge in [0.1, 0.15) is 0 Å². The highest BCUT2D eigenvalue weighted by Crippen LogP contribution is 2.44. The van der Waals surface area contributed by atoms with Gasteiger partial charge < -0.3 is 25.3 Å². The first kappa shape index (κ1) is 27.7. The maximum atomic E-state index is 12.5. The minimum absolute atomic E-state index is 0. The number of benzene rings is 2. The number of nitrogens with zero attached hydrogens (tertiary/aromatic N) is 2. The molecule has 3 amide bonds. The maximum Gasteiger partial charge on any atom is 0.346 e. The zero-order chi connectivity index (χ0) is 24.7. The molecule has 0 aliphatic heterocycles. The van der Waals surface area contributed by atoms with Crippen LogP contribution < -0.4 is 30.3 Å². The van der Waals surface area contributed by atoms with Gasteiger partial charge in [0.15, 0.2) is 11.5 Å². The number of hydrogen-bond acceptors (Lipinski definition) is 8. The van der Waals surface area contributed by atoms with E-state index in [0.29, 0.717) is 22.9 Å². The molecule has 0 atom stereocenters. The molecule has 1 aromatic heterocycles. The van der Waals surface area contributed by atoms with Crippen LogP contribution in [0.3, 0.4) is 0 Å². The van der Waals surface area contributed by atoms with Crippen LogP contribution in [0.4, 0.5) is 10.5 Å². The molecule has 3 rings (SSSR count). The summed E-state index contributed by atoms with van der Waals surface area (Å²) in [6.45, 7) is 0.105. The minimum atomic E-state index is -0.519. The Labute approximate surface area is 213 Å². The number of methoxy groups -OCH3 is 3. The number of amides is 3. The Morgan fingerprint density at radius 2 is 1.71 bits per heavy atom. The second kappa shape index (κ2) is 12.8. The van der Waals surface area contributed by atoms with Crippen molar-refractivity contribution in [3.8, 4) is 38.8 Å². The average molecular weight is 523 g/mol. The molecule has 35 heavy (non-hydrogen) atoms. The maximum absolute atomic E-state index is 12.5. The summed E-state index contributed by atoms with van der Waals surface area (Å²) in [7, 11) is 6.06. The van der Waals surface area contributed by atoms with Crippen molar-refractivity contribution < 1.29 is 28.6 Å². The van der Waals surface area contributed by atoms with Gasteiger partial charge in [-0.1, -0.05) is 12.1 Å². The summed E-state index contributed by atoms with van der Waals surface area (Å²) < 4.78 is 20.8. The van der Waals surface area contributed by atoms with Gasteiger partial charge in [-0.15, -0.1) is 12.4 Å². The Morgan fingerprint density at radius 1 is 1.03 bits per heavy atom. The van der Waals surface area contributed by atoms with E-state index in [1.807, 2.05) is 30.3 Å². The van der Waals surface area contributed by atoms with Crippen LogP contribution in [0.1, 0.15) is 6.42 Å². The molecule has 2 aromatic carbocycles. The first-order valence-corrected chi connectivity index (χ1v) is 11.0. The fourth-order valence-corrected chi connectivity index (χ4v) is 4.09. The number of nitrogens with one attached hydrogen (secondary N) is 1. The number of aromatic nitrogens is 1. The van der Waals surface area contributed by atoms with E-state index < -0.39 is 11.9 Å². The third kappa shape index (κ3) is 6.32. The summed E-state index contributed by atoms with van der Waals surface area (Å²) in [6.07, 6.45) is 1.79. The van der Waals surface area contributed by atoms with Crippen LogP contribution in [0.5, 0.6) is 17.2 Å². The molecule has 0 bridgehead atoms. The number of nitrogens with two attached hydrogens (primary N) is 1.